The van der Waals surface area contributed by atoms with Gasteiger partial charge >= 0.3 is 5.69 Å². The Hall–Kier alpha value is -1.03. The minimum absolute atomic E-state index is 0.0555. The molecule has 0 amide bonds. The maximum absolute atomic E-state index is 11.1. The quantitative estimate of drug-likeness (QED) is 0.784. The predicted octanol–water partition coefficient (Wildman–Crippen LogP) is 1.14. The average molecular weight is 196 g/mol. The van der Waals surface area contributed by atoms with Gasteiger partial charge in [-0.15, -0.1) is 0 Å². The Labute approximate surface area is 82.9 Å². The van der Waals surface area contributed by atoms with Crippen LogP contribution < -0.4 is 5.69 Å². The SMILES string of the molecule is O=c1[nH]ccn1CCOC1CCCC1. The van der Waals surface area contributed by atoms with Crippen LogP contribution in [0.1, 0.15) is 25.7 Å². The Kier molecular flexibility index (Phi) is 3.03. The fraction of sp³-hybridized carbons (Fsp3) is 0.700. The highest BCUT2D eigenvalue weighted by molar-refractivity contribution is 4.75. The van der Waals surface area contributed by atoms with Crippen molar-refractivity contribution in [1.82, 2.24) is 9.55 Å². The fourth-order valence-corrected chi connectivity index (χ4v) is 1.90. The van der Waals surface area contributed by atoms with Crippen molar-refractivity contribution in [2.45, 2.75) is 38.3 Å². The van der Waals surface area contributed by atoms with Crippen LogP contribution in [0.2, 0.25) is 0 Å². The molecule has 1 aliphatic carbocycles. The molecule has 1 fully saturated rings. The molecule has 1 aromatic heterocycles. The lowest BCUT2D eigenvalue weighted by molar-refractivity contribution is 0.0526. The van der Waals surface area contributed by atoms with Gasteiger partial charge < -0.3 is 9.72 Å². The zero-order valence-electron chi connectivity index (χ0n) is 8.24. The number of aromatic nitrogens is 2. The second-order valence-electron chi connectivity index (χ2n) is 3.74. The van der Waals surface area contributed by atoms with Crippen molar-refractivity contribution in [1.29, 1.82) is 0 Å². The van der Waals surface area contributed by atoms with E-state index in [1.807, 2.05) is 0 Å². The summed E-state index contributed by atoms with van der Waals surface area (Å²) in [6.07, 6.45) is 8.77. The van der Waals surface area contributed by atoms with Crippen molar-refractivity contribution < 1.29 is 4.74 Å². The smallest absolute Gasteiger partial charge is 0.325 e. The number of hydrogen-bond donors (Lipinski definition) is 1. The molecule has 2 rings (SSSR count). The summed E-state index contributed by atoms with van der Waals surface area (Å²) in [4.78, 5) is 13.7. The first-order chi connectivity index (χ1) is 6.86. The Morgan fingerprint density at radius 1 is 1.50 bits per heavy atom. The van der Waals surface area contributed by atoms with Crippen LogP contribution in [0.5, 0.6) is 0 Å². The molecule has 1 saturated carbocycles. The summed E-state index contributed by atoms with van der Waals surface area (Å²) < 4.78 is 7.29. The van der Waals surface area contributed by atoms with Crippen LogP contribution in [0.15, 0.2) is 17.2 Å². The predicted molar refractivity (Wildman–Crippen MR) is 53.3 cm³/mol. The lowest BCUT2D eigenvalue weighted by Crippen LogP contribution is -2.20. The van der Waals surface area contributed by atoms with Gasteiger partial charge in [0, 0.05) is 12.4 Å². The van der Waals surface area contributed by atoms with Crippen molar-refractivity contribution in [3.05, 3.63) is 22.9 Å². The Bertz CT molecular complexity index is 323. The normalized spacial score (nSPS) is 17.7. The largest absolute Gasteiger partial charge is 0.376 e. The fourth-order valence-electron chi connectivity index (χ4n) is 1.90. The summed E-state index contributed by atoms with van der Waals surface area (Å²) in [5.41, 5.74) is -0.0555. The monoisotopic (exact) mass is 196 g/mol. The van der Waals surface area contributed by atoms with Gasteiger partial charge in [-0.05, 0) is 12.8 Å². The standard InChI is InChI=1S/C10H16N2O2/c13-10-11-5-6-12(10)7-8-14-9-3-1-2-4-9/h5-6,9H,1-4,7-8H2,(H,11,13). The summed E-state index contributed by atoms with van der Waals surface area (Å²) in [6, 6.07) is 0. The number of nitrogens with zero attached hydrogens (tertiary/aromatic N) is 1. The maximum atomic E-state index is 11.1. The second kappa shape index (κ2) is 4.46. The van der Waals surface area contributed by atoms with Gasteiger partial charge in [-0.25, -0.2) is 4.79 Å². The van der Waals surface area contributed by atoms with E-state index >= 15 is 0 Å². The molecule has 78 valence electrons. The second-order valence-corrected chi connectivity index (χ2v) is 3.74. The van der Waals surface area contributed by atoms with Crippen LogP contribution >= 0.6 is 0 Å². The third-order valence-electron chi connectivity index (χ3n) is 2.71. The molecular formula is C10H16N2O2. The molecule has 0 aromatic carbocycles. The van der Waals surface area contributed by atoms with Gasteiger partial charge in [0.25, 0.3) is 0 Å². The number of hydrogen-bond acceptors (Lipinski definition) is 2. The highest BCUT2D eigenvalue weighted by atomic mass is 16.5. The van der Waals surface area contributed by atoms with Crippen molar-refractivity contribution in [2.75, 3.05) is 6.61 Å². The van der Waals surface area contributed by atoms with Crippen LogP contribution in [0, 0.1) is 0 Å². The van der Waals surface area contributed by atoms with Crippen molar-refractivity contribution in [3.63, 3.8) is 0 Å². The molecule has 0 unspecified atom stereocenters. The van der Waals surface area contributed by atoms with Gasteiger partial charge in [-0.1, -0.05) is 12.8 Å². The molecule has 0 radical (unpaired) electrons. The number of H-pyrrole nitrogens is 1. The summed E-state index contributed by atoms with van der Waals surface area (Å²) in [5, 5.41) is 0. The molecule has 1 aromatic rings. The van der Waals surface area contributed by atoms with Crippen LogP contribution in [0.25, 0.3) is 0 Å². The topological polar surface area (TPSA) is 47.0 Å². The molecule has 1 heterocycles. The van der Waals surface area contributed by atoms with E-state index in [1.165, 1.54) is 25.7 Å². The number of ether oxygens (including phenoxy) is 1. The number of rotatable bonds is 4. The maximum Gasteiger partial charge on any atom is 0.325 e. The van der Waals surface area contributed by atoms with E-state index in [0.29, 0.717) is 19.3 Å². The van der Waals surface area contributed by atoms with E-state index < -0.39 is 0 Å². The van der Waals surface area contributed by atoms with E-state index in [-0.39, 0.29) is 5.69 Å². The molecule has 0 spiro atoms. The highest BCUT2D eigenvalue weighted by Crippen LogP contribution is 2.20. The zero-order chi connectivity index (χ0) is 9.80. The first kappa shape index (κ1) is 9.52. The average Bonchev–Trinajstić information content (AvgIpc) is 2.78. The summed E-state index contributed by atoms with van der Waals surface area (Å²) in [7, 11) is 0. The first-order valence-electron chi connectivity index (χ1n) is 5.22. The third kappa shape index (κ3) is 2.26. The summed E-state index contributed by atoms with van der Waals surface area (Å²) in [5.74, 6) is 0. The van der Waals surface area contributed by atoms with E-state index in [9.17, 15) is 4.79 Å². The lowest BCUT2D eigenvalue weighted by atomic mass is 10.3. The lowest BCUT2D eigenvalue weighted by Gasteiger charge is -2.10. The molecule has 0 bridgehead atoms. The van der Waals surface area contributed by atoms with Crippen molar-refractivity contribution >= 4 is 0 Å². The van der Waals surface area contributed by atoms with Gasteiger partial charge in [-0.2, -0.15) is 0 Å². The molecule has 14 heavy (non-hydrogen) atoms. The van der Waals surface area contributed by atoms with Crippen LogP contribution in [0.3, 0.4) is 0 Å². The molecule has 1 aliphatic rings. The highest BCUT2D eigenvalue weighted by Gasteiger charge is 2.14. The van der Waals surface area contributed by atoms with Crippen LogP contribution in [-0.2, 0) is 11.3 Å². The molecule has 1 N–H and O–H groups in total. The van der Waals surface area contributed by atoms with E-state index in [1.54, 1.807) is 17.0 Å². The van der Waals surface area contributed by atoms with E-state index in [4.69, 9.17) is 4.74 Å². The summed E-state index contributed by atoms with van der Waals surface area (Å²) >= 11 is 0. The van der Waals surface area contributed by atoms with E-state index in [2.05, 4.69) is 4.98 Å². The van der Waals surface area contributed by atoms with Crippen LogP contribution in [-0.4, -0.2) is 22.3 Å². The molecule has 0 aliphatic heterocycles. The van der Waals surface area contributed by atoms with Gasteiger partial charge in [-0.3, -0.25) is 4.57 Å². The zero-order valence-corrected chi connectivity index (χ0v) is 8.24. The Morgan fingerprint density at radius 3 is 2.93 bits per heavy atom. The minimum atomic E-state index is -0.0555. The van der Waals surface area contributed by atoms with Gasteiger partial charge in [0.15, 0.2) is 0 Å². The van der Waals surface area contributed by atoms with Crippen LogP contribution in [0.4, 0.5) is 0 Å². The minimum Gasteiger partial charge on any atom is -0.376 e. The first-order valence-corrected chi connectivity index (χ1v) is 5.22. The molecule has 0 atom stereocenters. The van der Waals surface area contributed by atoms with Crippen molar-refractivity contribution in [3.8, 4) is 0 Å². The molecular weight excluding hydrogens is 180 g/mol. The van der Waals surface area contributed by atoms with Crippen molar-refractivity contribution in [2.24, 2.45) is 0 Å². The Balaban J connectivity index is 1.72. The molecule has 0 saturated heterocycles. The van der Waals surface area contributed by atoms with Gasteiger partial charge in [0.05, 0.1) is 19.3 Å². The third-order valence-corrected chi connectivity index (χ3v) is 2.71. The van der Waals surface area contributed by atoms with Gasteiger partial charge in [0.2, 0.25) is 0 Å². The Morgan fingerprint density at radius 2 is 2.29 bits per heavy atom. The number of nitrogens with one attached hydrogen (secondary N) is 1. The molecule has 4 nitrogen and oxygen atoms in total. The summed E-state index contributed by atoms with van der Waals surface area (Å²) in [6.45, 7) is 1.29. The number of aromatic amines is 1. The molecule has 4 heteroatoms. The van der Waals surface area contributed by atoms with Gasteiger partial charge in [0.1, 0.15) is 0 Å². The van der Waals surface area contributed by atoms with E-state index in [0.717, 1.165) is 0 Å². The number of imidazole rings is 1.